The zero-order chi connectivity index (χ0) is 22.3. The zero-order valence-electron chi connectivity index (χ0n) is 16.9. The number of anilines is 1. The Morgan fingerprint density at radius 2 is 2.23 bits per heavy atom. The van der Waals surface area contributed by atoms with Crippen molar-refractivity contribution in [1.82, 2.24) is 19.7 Å². The van der Waals surface area contributed by atoms with Crippen LogP contribution in [0, 0.1) is 17.1 Å². The number of carbonyl (C=O) groups is 2. The summed E-state index contributed by atoms with van der Waals surface area (Å²) < 4.78 is 28.2. The fraction of sp³-hybridized carbons (Fsp3) is 0.400. The lowest BCUT2D eigenvalue weighted by atomic mass is 9.99. The van der Waals surface area contributed by atoms with Gasteiger partial charge in [0.15, 0.2) is 0 Å². The van der Waals surface area contributed by atoms with E-state index in [2.05, 4.69) is 10.4 Å². The van der Waals surface area contributed by atoms with Crippen molar-refractivity contribution in [2.45, 2.75) is 38.6 Å². The highest BCUT2D eigenvalue weighted by Crippen LogP contribution is 2.29. The first-order chi connectivity index (χ1) is 14.8. The fourth-order valence-corrected chi connectivity index (χ4v) is 3.85. The van der Waals surface area contributed by atoms with E-state index in [1.165, 1.54) is 28.8 Å². The van der Waals surface area contributed by atoms with Crippen molar-refractivity contribution in [3.05, 3.63) is 46.5 Å². The number of halogens is 2. The van der Waals surface area contributed by atoms with Crippen LogP contribution in [0.1, 0.15) is 34.2 Å². The lowest BCUT2D eigenvalue weighted by Gasteiger charge is -2.33. The minimum absolute atomic E-state index is 0.0853. The number of amides is 3. The van der Waals surface area contributed by atoms with Crippen LogP contribution in [-0.4, -0.2) is 57.5 Å². The van der Waals surface area contributed by atoms with Crippen LogP contribution >= 0.6 is 0 Å². The van der Waals surface area contributed by atoms with Gasteiger partial charge in [0, 0.05) is 30.8 Å². The van der Waals surface area contributed by atoms with Gasteiger partial charge in [-0.05, 0) is 25.1 Å². The molecule has 0 bridgehead atoms. The van der Waals surface area contributed by atoms with Crippen molar-refractivity contribution >= 4 is 17.6 Å². The number of carbonyl (C=O) groups excluding carboxylic acids is 2. The Hall–Kier alpha value is -3.52. The molecule has 3 amide bonds. The van der Waals surface area contributed by atoms with Crippen molar-refractivity contribution in [2.24, 2.45) is 0 Å². The Morgan fingerprint density at radius 1 is 1.45 bits per heavy atom. The smallest absolute Gasteiger partial charge is 0.317 e. The molecule has 11 heteroatoms. The summed E-state index contributed by atoms with van der Waals surface area (Å²) in [5.41, 5.74) is 1.65. The molecule has 0 saturated carbocycles. The van der Waals surface area contributed by atoms with Crippen molar-refractivity contribution in [3.63, 3.8) is 0 Å². The summed E-state index contributed by atoms with van der Waals surface area (Å²) in [6.45, 7) is 1.28. The molecule has 162 valence electrons. The van der Waals surface area contributed by atoms with E-state index in [0.717, 1.165) is 11.1 Å². The maximum Gasteiger partial charge on any atom is 0.322 e. The molecule has 0 aliphatic carbocycles. The van der Waals surface area contributed by atoms with Crippen LogP contribution in [-0.2, 0) is 24.3 Å². The van der Waals surface area contributed by atoms with Crippen molar-refractivity contribution in [2.75, 3.05) is 19.0 Å². The lowest BCUT2D eigenvalue weighted by molar-refractivity contribution is -0.152. The second kappa shape index (κ2) is 7.96. The molecule has 1 aromatic carbocycles. The van der Waals surface area contributed by atoms with Crippen LogP contribution in [0.5, 0.6) is 0 Å². The van der Waals surface area contributed by atoms with Crippen LogP contribution in [0.3, 0.4) is 0 Å². The molecule has 0 unspecified atom stereocenters. The van der Waals surface area contributed by atoms with E-state index in [9.17, 15) is 18.4 Å². The largest absolute Gasteiger partial charge is 0.322 e. The van der Waals surface area contributed by atoms with Gasteiger partial charge < -0.3 is 10.2 Å². The molecule has 1 aromatic heterocycles. The highest BCUT2D eigenvalue weighted by Gasteiger charge is 2.37. The van der Waals surface area contributed by atoms with Crippen molar-refractivity contribution < 1.29 is 23.2 Å². The number of nitrogens with one attached hydrogen (secondary N) is 1. The molecular formula is C20H20F2N6O3. The maximum absolute atomic E-state index is 13.5. The van der Waals surface area contributed by atoms with Crippen LogP contribution < -0.4 is 5.32 Å². The Kier molecular flexibility index (Phi) is 5.32. The molecular weight excluding hydrogens is 410 g/mol. The Morgan fingerprint density at radius 3 is 2.94 bits per heavy atom. The van der Waals surface area contributed by atoms with E-state index in [1.807, 2.05) is 6.92 Å². The molecule has 0 spiro atoms. The normalized spacial score (nSPS) is 20.5. The van der Waals surface area contributed by atoms with Gasteiger partial charge >= 0.3 is 6.03 Å². The van der Waals surface area contributed by atoms with Crippen LogP contribution in [0.4, 0.5) is 19.3 Å². The number of aromatic nitrogens is 2. The molecule has 0 fully saturated rings. The summed E-state index contributed by atoms with van der Waals surface area (Å²) >= 11 is 0. The molecule has 4 rings (SSSR count). The second-order valence-electron chi connectivity index (χ2n) is 7.56. The number of alkyl halides is 1. The number of hydrogen-bond acceptors (Lipinski definition) is 5. The topological polar surface area (TPSA) is 103 Å². The van der Waals surface area contributed by atoms with Gasteiger partial charge in [0.25, 0.3) is 5.91 Å². The molecule has 2 aliphatic rings. The maximum atomic E-state index is 13.5. The van der Waals surface area contributed by atoms with Crippen molar-refractivity contribution in [3.8, 4) is 6.07 Å². The van der Waals surface area contributed by atoms with Gasteiger partial charge in [0.1, 0.15) is 30.4 Å². The first kappa shape index (κ1) is 20.7. The SMILES string of the molecule is C[C@@H]1Cc2nn3c(c2CN1C(=O)Nc1ccc(F)c(C#N)c1)C(=O)N(C)O[C@@H](CF)C3. The monoisotopic (exact) mass is 430 g/mol. The highest BCUT2D eigenvalue weighted by atomic mass is 19.1. The number of rotatable bonds is 2. The number of hydrogen-bond donors (Lipinski definition) is 1. The first-order valence-electron chi connectivity index (χ1n) is 9.69. The molecule has 0 saturated heterocycles. The number of nitrogens with zero attached hydrogens (tertiary/aromatic N) is 5. The average molecular weight is 430 g/mol. The number of benzene rings is 1. The zero-order valence-corrected chi connectivity index (χ0v) is 16.9. The third-order valence-corrected chi connectivity index (χ3v) is 5.43. The molecule has 0 radical (unpaired) electrons. The summed E-state index contributed by atoms with van der Waals surface area (Å²) in [6, 6.07) is 4.78. The minimum Gasteiger partial charge on any atom is -0.317 e. The average Bonchev–Trinajstić information content (AvgIpc) is 3.03. The molecule has 2 aromatic rings. The third kappa shape index (κ3) is 3.70. The second-order valence-corrected chi connectivity index (χ2v) is 7.56. The summed E-state index contributed by atoms with van der Waals surface area (Å²) in [5, 5.41) is 17.1. The van der Waals surface area contributed by atoms with Crippen LogP contribution in [0.15, 0.2) is 18.2 Å². The summed E-state index contributed by atoms with van der Waals surface area (Å²) in [6.07, 6.45) is -0.422. The lowest BCUT2D eigenvalue weighted by Crippen LogP contribution is -2.45. The van der Waals surface area contributed by atoms with Gasteiger partial charge in [-0.2, -0.15) is 10.4 Å². The van der Waals surface area contributed by atoms with E-state index < -0.39 is 30.5 Å². The highest BCUT2D eigenvalue weighted by molar-refractivity contribution is 5.94. The summed E-state index contributed by atoms with van der Waals surface area (Å²) in [7, 11) is 1.41. The van der Waals surface area contributed by atoms with Gasteiger partial charge in [-0.3, -0.25) is 14.3 Å². The number of hydroxylamine groups is 2. The van der Waals surface area contributed by atoms with E-state index in [0.29, 0.717) is 17.7 Å². The van der Waals surface area contributed by atoms with Gasteiger partial charge in [-0.25, -0.2) is 18.6 Å². The van der Waals surface area contributed by atoms with Crippen molar-refractivity contribution in [1.29, 1.82) is 5.26 Å². The molecule has 3 heterocycles. The Labute approximate surface area is 176 Å². The van der Waals surface area contributed by atoms with E-state index in [1.54, 1.807) is 6.07 Å². The Bertz CT molecular complexity index is 1100. The van der Waals surface area contributed by atoms with Gasteiger partial charge in [-0.1, -0.05) is 0 Å². The third-order valence-electron chi connectivity index (χ3n) is 5.43. The fourth-order valence-electron chi connectivity index (χ4n) is 3.85. The standard InChI is InChI=1S/C20H20F2N6O3/c1-11-5-17-15(18-19(29)26(2)31-14(7-21)9-28(18)25-17)10-27(11)20(30)24-13-3-4-16(22)12(6-13)8-23/h3-4,6,11,14H,5,7,9-10H2,1-2H3,(H,24,30)/t11-,14+/m1/s1. The van der Waals surface area contributed by atoms with Gasteiger partial charge in [-0.15, -0.1) is 0 Å². The number of nitriles is 1. The summed E-state index contributed by atoms with van der Waals surface area (Å²) in [4.78, 5) is 32.6. The number of fused-ring (bicyclic) bond motifs is 3. The Balaban J connectivity index is 1.61. The van der Waals surface area contributed by atoms with Gasteiger partial charge in [0.05, 0.1) is 24.3 Å². The number of urea groups is 1. The van der Waals surface area contributed by atoms with Crippen LogP contribution in [0.2, 0.25) is 0 Å². The molecule has 2 aliphatic heterocycles. The first-order valence-corrected chi connectivity index (χ1v) is 9.69. The summed E-state index contributed by atoms with van der Waals surface area (Å²) in [5.74, 6) is -1.13. The predicted molar refractivity (Wildman–Crippen MR) is 104 cm³/mol. The van der Waals surface area contributed by atoms with Crippen LogP contribution in [0.25, 0.3) is 0 Å². The minimum atomic E-state index is -0.832. The van der Waals surface area contributed by atoms with E-state index >= 15 is 0 Å². The van der Waals surface area contributed by atoms with E-state index in [-0.39, 0.29) is 36.1 Å². The molecule has 1 N–H and O–H groups in total. The van der Waals surface area contributed by atoms with Gasteiger partial charge in [0.2, 0.25) is 0 Å². The van der Waals surface area contributed by atoms with E-state index in [4.69, 9.17) is 10.1 Å². The molecule has 2 atom stereocenters. The molecule has 31 heavy (non-hydrogen) atoms. The quantitative estimate of drug-likeness (QED) is 0.787. The predicted octanol–water partition coefficient (Wildman–Crippen LogP) is 2.23. The molecule has 9 nitrogen and oxygen atoms in total.